The van der Waals surface area contributed by atoms with Gasteiger partial charge in [-0.05, 0) is 23.8 Å². The molecule has 2 heterocycles. The Bertz CT molecular complexity index is 747. The van der Waals surface area contributed by atoms with Crippen LogP contribution in [0.2, 0.25) is 0 Å². The van der Waals surface area contributed by atoms with Gasteiger partial charge in [0.15, 0.2) is 0 Å². The number of rotatable bonds is 2. The van der Waals surface area contributed by atoms with E-state index in [1.165, 1.54) is 6.07 Å². The van der Waals surface area contributed by atoms with E-state index in [-0.39, 0.29) is 5.88 Å². The lowest BCUT2D eigenvalue weighted by molar-refractivity contribution is 0.559. The minimum absolute atomic E-state index is 0.281. The first-order valence-electron chi connectivity index (χ1n) is 5.41. The zero-order valence-electron chi connectivity index (χ0n) is 9.34. The normalized spacial score (nSPS) is 10.9. The van der Waals surface area contributed by atoms with Crippen molar-refractivity contribution in [2.75, 3.05) is 0 Å². The Kier molecular flexibility index (Phi) is 2.64. The SMILES string of the molecule is O=c1cc(CCl)c2ccc(-n3cccn3)cc2o1. The predicted octanol–water partition coefficient (Wildman–Crippen LogP) is 2.72. The van der Waals surface area contributed by atoms with Crippen LogP contribution in [0, 0.1) is 0 Å². The van der Waals surface area contributed by atoms with E-state index in [0.717, 1.165) is 16.6 Å². The van der Waals surface area contributed by atoms with Crippen LogP contribution in [0.15, 0.2) is 51.9 Å². The summed E-state index contributed by atoms with van der Waals surface area (Å²) in [6.07, 6.45) is 3.51. The van der Waals surface area contributed by atoms with Gasteiger partial charge >= 0.3 is 5.63 Å². The van der Waals surface area contributed by atoms with Crippen molar-refractivity contribution in [1.29, 1.82) is 0 Å². The number of nitrogens with zero attached hydrogens (tertiary/aromatic N) is 2. The van der Waals surface area contributed by atoms with Gasteiger partial charge in [-0.15, -0.1) is 11.6 Å². The minimum Gasteiger partial charge on any atom is -0.423 e. The van der Waals surface area contributed by atoms with Crippen LogP contribution >= 0.6 is 11.6 Å². The van der Waals surface area contributed by atoms with Crippen LogP contribution in [0.4, 0.5) is 0 Å². The molecule has 0 saturated carbocycles. The quantitative estimate of drug-likeness (QED) is 0.526. The molecule has 2 aromatic heterocycles. The molecule has 0 saturated heterocycles. The second-order valence-electron chi connectivity index (χ2n) is 3.86. The third-order valence-electron chi connectivity index (χ3n) is 2.73. The van der Waals surface area contributed by atoms with Gasteiger partial charge in [0.05, 0.1) is 5.69 Å². The molecule has 90 valence electrons. The first-order chi connectivity index (χ1) is 8.78. The van der Waals surface area contributed by atoms with Gasteiger partial charge in [-0.2, -0.15) is 5.10 Å². The Morgan fingerprint density at radius 1 is 1.33 bits per heavy atom. The molecule has 3 aromatic rings. The van der Waals surface area contributed by atoms with E-state index < -0.39 is 5.63 Å². The van der Waals surface area contributed by atoms with Gasteiger partial charge in [0.25, 0.3) is 0 Å². The van der Waals surface area contributed by atoms with Crippen LogP contribution in [0.5, 0.6) is 0 Å². The second kappa shape index (κ2) is 4.31. The highest BCUT2D eigenvalue weighted by atomic mass is 35.5. The van der Waals surface area contributed by atoms with Crippen molar-refractivity contribution in [2.24, 2.45) is 0 Å². The van der Waals surface area contributed by atoms with Crippen molar-refractivity contribution in [3.8, 4) is 5.69 Å². The summed E-state index contributed by atoms with van der Waals surface area (Å²) in [6.45, 7) is 0. The molecule has 0 spiro atoms. The molecule has 0 aliphatic rings. The molecular formula is C13H9ClN2O2. The molecule has 0 aliphatic carbocycles. The molecule has 0 bridgehead atoms. The zero-order chi connectivity index (χ0) is 12.5. The van der Waals surface area contributed by atoms with E-state index >= 15 is 0 Å². The topological polar surface area (TPSA) is 48.0 Å². The fourth-order valence-electron chi connectivity index (χ4n) is 1.89. The molecule has 0 aliphatic heterocycles. The smallest absolute Gasteiger partial charge is 0.336 e. The molecule has 18 heavy (non-hydrogen) atoms. The third-order valence-corrected chi connectivity index (χ3v) is 3.01. The number of aromatic nitrogens is 2. The summed E-state index contributed by atoms with van der Waals surface area (Å²) in [5, 5.41) is 4.98. The van der Waals surface area contributed by atoms with Crippen molar-refractivity contribution in [2.45, 2.75) is 5.88 Å². The van der Waals surface area contributed by atoms with Crippen LogP contribution in [0.3, 0.4) is 0 Å². The van der Waals surface area contributed by atoms with Crippen LogP contribution in [0.25, 0.3) is 16.7 Å². The largest absolute Gasteiger partial charge is 0.423 e. The van der Waals surface area contributed by atoms with Crippen molar-refractivity contribution in [1.82, 2.24) is 9.78 Å². The number of alkyl halides is 1. The lowest BCUT2D eigenvalue weighted by Crippen LogP contribution is -2.00. The molecule has 0 amide bonds. The number of fused-ring (bicyclic) bond motifs is 1. The van der Waals surface area contributed by atoms with E-state index in [9.17, 15) is 4.79 Å². The number of hydrogen-bond acceptors (Lipinski definition) is 3. The molecule has 1 aromatic carbocycles. The lowest BCUT2D eigenvalue weighted by atomic mass is 10.1. The monoisotopic (exact) mass is 260 g/mol. The molecule has 0 radical (unpaired) electrons. The van der Waals surface area contributed by atoms with Gasteiger partial charge in [0.1, 0.15) is 5.58 Å². The van der Waals surface area contributed by atoms with E-state index in [1.54, 1.807) is 16.9 Å². The highest BCUT2D eigenvalue weighted by Gasteiger charge is 2.06. The first kappa shape index (κ1) is 11.0. The molecular weight excluding hydrogens is 252 g/mol. The summed E-state index contributed by atoms with van der Waals surface area (Å²) in [7, 11) is 0. The lowest BCUT2D eigenvalue weighted by Gasteiger charge is -2.05. The van der Waals surface area contributed by atoms with Crippen LogP contribution < -0.4 is 5.63 Å². The molecule has 0 fully saturated rings. The van der Waals surface area contributed by atoms with Crippen molar-refractivity contribution in [3.05, 3.63) is 58.7 Å². The summed E-state index contributed by atoms with van der Waals surface area (Å²) in [5.74, 6) is 0.281. The molecule has 0 N–H and O–H groups in total. The average Bonchev–Trinajstić information content (AvgIpc) is 2.90. The van der Waals surface area contributed by atoms with Crippen LogP contribution in [0.1, 0.15) is 5.56 Å². The van der Waals surface area contributed by atoms with Gasteiger partial charge in [-0.25, -0.2) is 9.48 Å². The fourth-order valence-corrected chi connectivity index (χ4v) is 2.11. The standard InChI is InChI=1S/C13H9ClN2O2/c14-8-9-6-13(17)18-12-7-10(2-3-11(9)12)16-5-1-4-15-16/h1-7H,8H2. The fraction of sp³-hybridized carbons (Fsp3) is 0.0769. The summed E-state index contributed by atoms with van der Waals surface area (Å²) in [6, 6.07) is 8.82. The van der Waals surface area contributed by atoms with Gasteiger partial charge < -0.3 is 4.42 Å². The van der Waals surface area contributed by atoms with E-state index in [1.807, 2.05) is 24.4 Å². The maximum absolute atomic E-state index is 11.4. The summed E-state index contributed by atoms with van der Waals surface area (Å²) < 4.78 is 6.89. The van der Waals surface area contributed by atoms with Crippen molar-refractivity contribution >= 4 is 22.6 Å². The van der Waals surface area contributed by atoms with Gasteiger partial charge in [0.2, 0.25) is 0 Å². The highest BCUT2D eigenvalue weighted by Crippen LogP contribution is 2.21. The predicted molar refractivity (Wildman–Crippen MR) is 69.2 cm³/mol. The average molecular weight is 261 g/mol. The Morgan fingerprint density at radius 2 is 2.22 bits per heavy atom. The van der Waals surface area contributed by atoms with Crippen molar-refractivity contribution in [3.63, 3.8) is 0 Å². The second-order valence-corrected chi connectivity index (χ2v) is 4.12. The summed E-state index contributed by atoms with van der Waals surface area (Å²) in [4.78, 5) is 11.4. The Morgan fingerprint density at radius 3 is 2.94 bits per heavy atom. The molecule has 0 unspecified atom stereocenters. The summed E-state index contributed by atoms with van der Waals surface area (Å²) in [5.41, 5.74) is 1.74. The Labute approximate surface area is 107 Å². The zero-order valence-corrected chi connectivity index (χ0v) is 10.1. The highest BCUT2D eigenvalue weighted by molar-refractivity contribution is 6.17. The Balaban J connectivity index is 2.27. The van der Waals surface area contributed by atoms with Crippen molar-refractivity contribution < 1.29 is 4.42 Å². The third kappa shape index (κ3) is 1.80. The molecule has 5 heteroatoms. The van der Waals surface area contributed by atoms with E-state index in [0.29, 0.717) is 5.58 Å². The van der Waals surface area contributed by atoms with E-state index in [4.69, 9.17) is 16.0 Å². The molecule has 0 atom stereocenters. The minimum atomic E-state index is -0.393. The molecule has 4 nitrogen and oxygen atoms in total. The molecule has 3 rings (SSSR count). The van der Waals surface area contributed by atoms with E-state index in [2.05, 4.69) is 5.10 Å². The van der Waals surface area contributed by atoms with Gasteiger partial charge in [0, 0.05) is 35.8 Å². The number of halogens is 1. The van der Waals surface area contributed by atoms with Crippen LogP contribution in [-0.2, 0) is 5.88 Å². The number of benzene rings is 1. The maximum Gasteiger partial charge on any atom is 0.336 e. The van der Waals surface area contributed by atoms with Gasteiger partial charge in [-0.1, -0.05) is 0 Å². The Hall–Kier alpha value is -2.07. The first-order valence-corrected chi connectivity index (χ1v) is 5.94. The summed E-state index contributed by atoms with van der Waals surface area (Å²) >= 11 is 5.82. The maximum atomic E-state index is 11.4. The van der Waals surface area contributed by atoms with Gasteiger partial charge in [-0.3, -0.25) is 0 Å². The van der Waals surface area contributed by atoms with Crippen LogP contribution in [-0.4, -0.2) is 9.78 Å². The number of hydrogen-bond donors (Lipinski definition) is 0.